The maximum absolute atomic E-state index is 12.2. The molecule has 1 aromatic rings. The molecule has 2 rings (SSSR count). The fraction of sp³-hybridized carbons (Fsp3) is 0.579. The number of amides is 3. The Bertz CT molecular complexity index is 528. The molecule has 0 saturated carbocycles. The summed E-state index contributed by atoms with van der Waals surface area (Å²) in [6.07, 6.45) is 3.36. The molecule has 6 nitrogen and oxygen atoms in total. The summed E-state index contributed by atoms with van der Waals surface area (Å²) < 4.78 is 4.91. The molecule has 0 unspecified atom stereocenters. The van der Waals surface area contributed by atoms with E-state index in [1.807, 2.05) is 35.2 Å². The van der Waals surface area contributed by atoms with E-state index < -0.39 is 0 Å². The number of hydrogen-bond donors (Lipinski definition) is 2. The highest BCUT2D eigenvalue weighted by Gasteiger charge is 2.22. The largest absolute Gasteiger partial charge is 0.383 e. The Morgan fingerprint density at radius 2 is 1.88 bits per heavy atom. The summed E-state index contributed by atoms with van der Waals surface area (Å²) >= 11 is 0. The number of ether oxygens (including phenoxy) is 1. The van der Waals surface area contributed by atoms with Crippen LogP contribution in [-0.4, -0.2) is 50.2 Å². The van der Waals surface area contributed by atoms with Crippen molar-refractivity contribution >= 4 is 11.9 Å². The summed E-state index contributed by atoms with van der Waals surface area (Å²) in [4.78, 5) is 25.8. The topological polar surface area (TPSA) is 70.7 Å². The molecule has 1 saturated heterocycles. The van der Waals surface area contributed by atoms with E-state index in [4.69, 9.17) is 4.74 Å². The summed E-state index contributed by atoms with van der Waals surface area (Å²) in [7, 11) is 1.62. The zero-order valence-electron chi connectivity index (χ0n) is 15.0. The fourth-order valence-corrected chi connectivity index (χ4v) is 3.03. The summed E-state index contributed by atoms with van der Waals surface area (Å²) in [6.45, 7) is 3.19. The summed E-state index contributed by atoms with van der Waals surface area (Å²) in [5.41, 5.74) is 1.10. The quantitative estimate of drug-likeness (QED) is 0.708. The van der Waals surface area contributed by atoms with Gasteiger partial charge >= 0.3 is 6.03 Å². The second-order valence-electron chi connectivity index (χ2n) is 6.46. The standard InChI is InChI=1S/C19H29N3O3/c1-25-14-11-20-18(23)8-7-16-9-12-22(13-10-16)19(24)21-15-17-5-3-2-4-6-17/h2-6,16H,7-15H2,1H3,(H,20,23)(H,21,24). The van der Waals surface area contributed by atoms with Crippen LogP contribution < -0.4 is 10.6 Å². The van der Waals surface area contributed by atoms with Crippen LogP contribution in [0.1, 0.15) is 31.2 Å². The molecule has 1 aromatic carbocycles. The van der Waals surface area contributed by atoms with Crippen molar-refractivity contribution in [2.45, 2.75) is 32.2 Å². The Kier molecular flexibility index (Phi) is 8.25. The minimum Gasteiger partial charge on any atom is -0.383 e. The van der Waals surface area contributed by atoms with Crippen LogP contribution >= 0.6 is 0 Å². The van der Waals surface area contributed by atoms with Crippen LogP contribution in [0.3, 0.4) is 0 Å². The van der Waals surface area contributed by atoms with E-state index >= 15 is 0 Å². The van der Waals surface area contributed by atoms with E-state index in [0.717, 1.165) is 37.9 Å². The van der Waals surface area contributed by atoms with Crippen molar-refractivity contribution in [1.29, 1.82) is 0 Å². The van der Waals surface area contributed by atoms with Gasteiger partial charge in [0.05, 0.1) is 6.61 Å². The van der Waals surface area contributed by atoms with Crippen LogP contribution in [0.2, 0.25) is 0 Å². The van der Waals surface area contributed by atoms with E-state index in [2.05, 4.69) is 10.6 Å². The number of piperidine rings is 1. The smallest absolute Gasteiger partial charge is 0.317 e. The Hall–Kier alpha value is -2.08. The lowest BCUT2D eigenvalue weighted by molar-refractivity contribution is -0.121. The predicted octanol–water partition coefficient (Wildman–Crippen LogP) is 2.15. The van der Waals surface area contributed by atoms with Crippen molar-refractivity contribution in [2.75, 3.05) is 33.4 Å². The zero-order valence-corrected chi connectivity index (χ0v) is 15.0. The molecule has 0 bridgehead atoms. The maximum Gasteiger partial charge on any atom is 0.317 e. The van der Waals surface area contributed by atoms with Gasteiger partial charge in [-0.25, -0.2) is 4.79 Å². The third kappa shape index (κ3) is 7.13. The molecular weight excluding hydrogens is 318 g/mol. The monoisotopic (exact) mass is 347 g/mol. The van der Waals surface area contributed by atoms with Crippen LogP contribution in [0.4, 0.5) is 4.79 Å². The molecule has 0 aromatic heterocycles. The number of urea groups is 1. The van der Waals surface area contributed by atoms with Crippen LogP contribution in [0, 0.1) is 5.92 Å². The van der Waals surface area contributed by atoms with Gasteiger partial charge in [-0.2, -0.15) is 0 Å². The van der Waals surface area contributed by atoms with E-state index in [1.165, 1.54) is 0 Å². The van der Waals surface area contributed by atoms with Crippen molar-refractivity contribution in [3.05, 3.63) is 35.9 Å². The van der Waals surface area contributed by atoms with Gasteiger partial charge in [0.1, 0.15) is 0 Å². The van der Waals surface area contributed by atoms with Gasteiger partial charge in [0.25, 0.3) is 0 Å². The van der Waals surface area contributed by atoms with Gasteiger partial charge in [-0.05, 0) is 30.7 Å². The number of nitrogens with one attached hydrogen (secondary N) is 2. The number of rotatable bonds is 8. The molecule has 0 radical (unpaired) electrons. The second kappa shape index (κ2) is 10.7. The SMILES string of the molecule is COCCNC(=O)CCC1CCN(C(=O)NCc2ccccc2)CC1. The van der Waals surface area contributed by atoms with Gasteiger partial charge in [-0.3, -0.25) is 4.79 Å². The summed E-state index contributed by atoms with van der Waals surface area (Å²) in [5.74, 6) is 0.603. The Balaban J connectivity index is 1.60. The van der Waals surface area contributed by atoms with Gasteiger partial charge in [-0.15, -0.1) is 0 Å². The number of nitrogens with zero attached hydrogens (tertiary/aromatic N) is 1. The fourth-order valence-electron chi connectivity index (χ4n) is 3.03. The predicted molar refractivity (Wildman–Crippen MR) is 97.1 cm³/mol. The lowest BCUT2D eigenvalue weighted by Crippen LogP contribution is -2.44. The van der Waals surface area contributed by atoms with Crippen LogP contribution in [-0.2, 0) is 16.1 Å². The van der Waals surface area contributed by atoms with Gasteiger partial charge in [0.15, 0.2) is 0 Å². The van der Waals surface area contributed by atoms with E-state index in [-0.39, 0.29) is 11.9 Å². The summed E-state index contributed by atoms with van der Waals surface area (Å²) in [6, 6.07) is 9.92. The van der Waals surface area contributed by atoms with Gasteiger partial charge in [-0.1, -0.05) is 30.3 Å². The molecule has 6 heteroatoms. The molecule has 25 heavy (non-hydrogen) atoms. The second-order valence-corrected chi connectivity index (χ2v) is 6.46. The first-order valence-electron chi connectivity index (χ1n) is 9.01. The molecule has 1 aliphatic heterocycles. The number of carbonyl (C=O) groups is 2. The Morgan fingerprint density at radius 3 is 2.56 bits per heavy atom. The summed E-state index contributed by atoms with van der Waals surface area (Å²) in [5, 5.41) is 5.82. The van der Waals surface area contributed by atoms with Crippen LogP contribution in [0.5, 0.6) is 0 Å². The highest BCUT2D eigenvalue weighted by Crippen LogP contribution is 2.21. The minimum absolute atomic E-state index is 0.000360. The molecule has 1 aliphatic rings. The van der Waals surface area contributed by atoms with Crippen molar-refractivity contribution in [3.8, 4) is 0 Å². The van der Waals surface area contributed by atoms with Crippen molar-refractivity contribution in [1.82, 2.24) is 15.5 Å². The molecule has 1 fully saturated rings. The third-order valence-corrected chi connectivity index (χ3v) is 4.60. The van der Waals surface area contributed by atoms with Crippen molar-refractivity contribution in [3.63, 3.8) is 0 Å². The Labute approximate surface area is 149 Å². The highest BCUT2D eigenvalue weighted by atomic mass is 16.5. The zero-order chi connectivity index (χ0) is 17.9. The third-order valence-electron chi connectivity index (χ3n) is 4.60. The van der Waals surface area contributed by atoms with Gasteiger partial charge < -0.3 is 20.3 Å². The molecule has 1 heterocycles. The first-order chi connectivity index (χ1) is 12.2. The average Bonchev–Trinajstić information content (AvgIpc) is 2.66. The van der Waals surface area contributed by atoms with Crippen LogP contribution in [0.15, 0.2) is 30.3 Å². The number of hydrogen-bond acceptors (Lipinski definition) is 3. The van der Waals surface area contributed by atoms with E-state index in [1.54, 1.807) is 7.11 Å². The molecular formula is C19H29N3O3. The number of methoxy groups -OCH3 is 1. The van der Waals surface area contributed by atoms with E-state index in [0.29, 0.717) is 32.0 Å². The van der Waals surface area contributed by atoms with Crippen molar-refractivity contribution in [2.24, 2.45) is 5.92 Å². The van der Waals surface area contributed by atoms with Gasteiger partial charge in [0.2, 0.25) is 5.91 Å². The molecule has 138 valence electrons. The molecule has 0 aliphatic carbocycles. The van der Waals surface area contributed by atoms with Gasteiger partial charge in [0, 0.05) is 39.7 Å². The van der Waals surface area contributed by atoms with Crippen molar-refractivity contribution < 1.29 is 14.3 Å². The Morgan fingerprint density at radius 1 is 1.16 bits per heavy atom. The first-order valence-corrected chi connectivity index (χ1v) is 9.01. The molecule has 3 amide bonds. The normalized spacial score (nSPS) is 15.0. The van der Waals surface area contributed by atoms with Crippen LogP contribution in [0.25, 0.3) is 0 Å². The highest BCUT2D eigenvalue weighted by molar-refractivity contribution is 5.76. The van der Waals surface area contributed by atoms with E-state index in [9.17, 15) is 9.59 Å². The number of likely N-dealkylation sites (tertiary alicyclic amines) is 1. The lowest BCUT2D eigenvalue weighted by atomic mass is 9.92. The maximum atomic E-state index is 12.2. The minimum atomic E-state index is -0.000360. The number of benzene rings is 1. The number of carbonyl (C=O) groups excluding carboxylic acids is 2. The molecule has 2 N–H and O–H groups in total. The molecule has 0 atom stereocenters. The first kappa shape index (κ1) is 19.2. The molecule has 0 spiro atoms. The average molecular weight is 347 g/mol. The lowest BCUT2D eigenvalue weighted by Gasteiger charge is -2.32.